The van der Waals surface area contributed by atoms with Gasteiger partial charge in [0.1, 0.15) is 5.75 Å². The third kappa shape index (κ3) is 3.48. The lowest BCUT2D eigenvalue weighted by Gasteiger charge is -2.36. The fraction of sp³-hybridized carbons (Fsp3) is 0.625. The number of likely N-dealkylation sites (N-methyl/N-ethyl adjacent to an activating group) is 1. The lowest BCUT2D eigenvalue weighted by atomic mass is 9.97. The Morgan fingerprint density at radius 3 is 3.00 bits per heavy atom. The van der Waals surface area contributed by atoms with Crippen LogP contribution in [-0.4, -0.2) is 37.2 Å². The van der Waals surface area contributed by atoms with Gasteiger partial charge in [-0.15, -0.1) is 0 Å². The number of benzene rings is 1. The molecule has 3 nitrogen and oxygen atoms in total. The van der Waals surface area contributed by atoms with Crippen LogP contribution in [-0.2, 0) is 0 Å². The van der Waals surface area contributed by atoms with E-state index < -0.39 is 0 Å². The number of nitrogens with one attached hydrogen (secondary N) is 1. The van der Waals surface area contributed by atoms with Crippen LogP contribution >= 0.6 is 23.2 Å². The van der Waals surface area contributed by atoms with Crippen LogP contribution < -0.4 is 10.1 Å². The van der Waals surface area contributed by atoms with E-state index in [1.54, 1.807) is 6.07 Å². The van der Waals surface area contributed by atoms with E-state index in [-0.39, 0.29) is 6.04 Å². The van der Waals surface area contributed by atoms with E-state index in [1.165, 1.54) is 19.4 Å². The summed E-state index contributed by atoms with van der Waals surface area (Å²) in [5.41, 5.74) is 1.10. The van der Waals surface area contributed by atoms with Crippen molar-refractivity contribution >= 4 is 23.2 Å². The Kier molecular flexibility index (Phi) is 4.95. The average Bonchev–Trinajstić information content (AvgIpc) is 2.48. The predicted molar refractivity (Wildman–Crippen MR) is 87.6 cm³/mol. The molecule has 116 valence electrons. The van der Waals surface area contributed by atoms with Crippen molar-refractivity contribution in [2.75, 3.05) is 26.2 Å². The van der Waals surface area contributed by atoms with Gasteiger partial charge in [0.05, 0.1) is 11.6 Å². The molecule has 0 aliphatic carbocycles. The highest BCUT2D eigenvalue weighted by atomic mass is 35.5. The second-order valence-corrected chi connectivity index (χ2v) is 6.74. The highest BCUT2D eigenvalue weighted by Crippen LogP contribution is 2.40. The van der Waals surface area contributed by atoms with E-state index in [2.05, 4.69) is 17.1 Å². The van der Waals surface area contributed by atoms with Gasteiger partial charge in [-0.05, 0) is 38.1 Å². The van der Waals surface area contributed by atoms with Gasteiger partial charge >= 0.3 is 0 Å². The fourth-order valence-corrected chi connectivity index (χ4v) is 3.93. The van der Waals surface area contributed by atoms with E-state index in [4.69, 9.17) is 27.9 Å². The zero-order valence-corrected chi connectivity index (χ0v) is 13.9. The SMILES string of the molecule is CCN1CCCC(NC2CCOc3c(Cl)cc(Cl)cc32)C1. The molecule has 0 bridgehead atoms. The van der Waals surface area contributed by atoms with Gasteiger partial charge in [0.2, 0.25) is 0 Å². The summed E-state index contributed by atoms with van der Waals surface area (Å²) in [5, 5.41) is 5.08. The van der Waals surface area contributed by atoms with Crippen LogP contribution in [0.1, 0.15) is 37.8 Å². The molecule has 2 aliphatic rings. The molecule has 0 aromatic heterocycles. The molecule has 1 saturated heterocycles. The molecule has 1 aromatic carbocycles. The molecule has 2 aliphatic heterocycles. The van der Waals surface area contributed by atoms with E-state index in [1.807, 2.05) is 6.07 Å². The van der Waals surface area contributed by atoms with E-state index in [0.717, 1.165) is 30.8 Å². The van der Waals surface area contributed by atoms with Gasteiger partial charge in [-0.2, -0.15) is 0 Å². The molecule has 0 spiro atoms. The number of ether oxygens (including phenoxy) is 1. The lowest BCUT2D eigenvalue weighted by Crippen LogP contribution is -2.47. The number of likely N-dealkylation sites (tertiary alicyclic amines) is 1. The standard InChI is InChI=1S/C16H22Cl2N2O/c1-2-20-6-3-4-12(10-20)19-15-5-7-21-16-13(15)8-11(17)9-14(16)18/h8-9,12,15,19H,2-7,10H2,1H3. The van der Waals surface area contributed by atoms with Crippen molar-refractivity contribution in [1.29, 1.82) is 0 Å². The van der Waals surface area contributed by atoms with Crippen LogP contribution in [0.5, 0.6) is 5.75 Å². The van der Waals surface area contributed by atoms with Crippen molar-refractivity contribution in [3.05, 3.63) is 27.7 Å². The Bertz CT molecular complexity index is 509. The second-order valence-electron chi connectivity index (χ2n) is 5.89. The molecule has 0 amide bonds. The first-order valence-electron chi connectivity index (χ1n) is 7.77. The topological polar surface area (TPSA) is 24.5 Å². The van der Waals surface area contributed by atoms with E-state index in [0.29, 0.717) is 22.7 Å². The highest BCUT2D eigenvalue weighted by Gasteiger charge is 2.28. The molecule has 3 rings (SSSR count). The molecular weight excluding hydrogens is 307 g/mol. The van der Waals surface area contributed by atoms with Crippen molar-refractivity contribution in [3.8, 4) is 5.75 Å². The van der Waals surface area contributed by atoms with Crippen LogP contribution in [0.2, 0.25) is 10.0 Å². The maximum absolute atomic E-state index is 6.26. The summed E-state index contributed by atoms with van der Waals surface area (Å²) < 4.78 is 5.73. The molecule has 1 fully saturated rings. The number of hydrogen-bond acceptors (Lipinski definition) is 3. The maximum Gasteiger partial charge on any atom is 0.142 e. The van der Waals surface area contributed by atoms with Gasteiger partial charge in [-0.3, -0.25) is 0 Å². The van der Waals surface area contributed by atoms with Gasteiger partial charge < -0.3 is 15.0 Å². The molecule has 21 heavy (non-hydrogen) atoms. The molecule has 0 saturated carbocycles. The molecule has 5 heteroatoms. The molecule has 2 unspecified atom stereocenters. The number of hydrogen-bond donors (Lipinski definition) is 1. The van der Waals surface area contributed by atoms with Crippen molar-refractivity contribution < 1.29 is 4.74 Å². The lowest BCUT2D eigenvalue weighted by molar-refractivity contribution is 0.176. The van der Waals surface area contributed by atoms with Crippen molar-refractivity contribution in [1.82, 2.24) is 10.2 Å². The zero-order chi connectivity index (χ0) is 14.8. The first-order chi connectivity index (χ1) is 10.2. The molecule has 2 atom stereocenters. The largest absolute Gasteiger partial charge is 0.492 e. The first-order valence-corrected chi connectivity index (χ1v) is 8.53. The monoisotopic (exact) mass is 328 g/mol. The number of halogens is 2. The van der Waals surface area contributed by atoms with E-state index in [9.17, 15) is 0 Å². The van der Waals surface area contributed by atoms with Crippen LogP contribution in [0, 0.1) is 0 Å². The molecular formula is C16H22Cl2N2O. The minimum Gasteiger partial charge on any atom is -0.492 e. The third-order valence-corrected chi connectivity index (χ3v) is 4.95. The van der Waals surface area contributed by atoms with Gasteiger partial charge in [0, 0.05) is 35.6 Å². The summed E-state index contributed by atoms with van der Waals surface area (Å²) in [6, 6.07) is 4.56. The third-order valence-electron chi connectivity index (χ3n) is 4.46. The Balaban J connectivity index is 1.76. The van der Waals surface area contributed by atoms with Gasteiger partial charge in [-0.1, -0.05) is 30.1 Å². The van der Waals surface area contributed by atoms with Crippen LogP contribution in [0.4, 0.5) is 0 Å². The zero-order valence-electron chi connectivity index (χ0n) is 12.4. The van der Waals surface area contributed by atoms with Gasteiger partial charge in [-0.25, -0.2) is 0 Å². The smallest absolute Gasteiger partial charge is 0.142 e. The Morgan fingerprint density at radius 1 is 1.33 bits per heavy atom. The van der Waals surface area contributed by atoms with E-state index >= 15 is 0 Å². The first kappa shape index (κ1) is 15.4. The average molecular weight is 329 g/mol. The molecule has 2 heterocycles. The quantitative estimate of drug-likeness (QED) is 0.910. The van der Waals surface area contributed by atoms with Crippen LogP contribution in [0.15, 0.2) is 12.1 Å². The number of rotatable bonds is 3. The van der Waals surface area contributed by atoms with Crippen molar-refractivity contribution in [2.45, 2.75) is 38.3 Å². The summed E-state index contributed by atoms with van der Waals surface area (Å²) >= 11 is 12.4. The van der Waals surface area contributed by atoms with Crippen molar-refractivity contribution in [2.24, 2.45) is 0 Å². The Morgan fingerprint density at radius 2 is 2.19 bits per heavy atom. The summed E-state index contributed by atoms with van der Waals surface area (Å²) in [6.45, 7) is 6.40. The molecule has 1 aromatic rings. The maximum atomic E-state index is 6.26. The summed E-state index contributed by atoms with van der Waals surface area (Å²) in [7, 11) is 0. The van der Waals surface area contributed by atoms with Crippen LogP contribution in [0.25, 0.3) is 0 Å². The van der Waals surface area contributed by atoms with Crippen molar-refractivity contribution in [3.63, 3.8) is 0 Å². The fourth-order valence-electron chi connectivity index (χ4n) is 3.36. The summed E-state index contributed by atoms with van der Waals surface area (Å²) in [5.74, 6) is 0.799. The number of piperidine rings is 1. The molecule has 1 N–H and O–H groups in total. The summed E-state index contributed by atoms with van der Waals surface area (Å²) in [4.78, 5) is 2.51. The minimum atomic E-state index is 0.284. The van der Waals surface area contributed by atoms with Crippen LogP contribution in [0.3, 0.4) is 0 Å². The number of nitrogens with zero attached hydrogens (tertiary/aromatic N) is 1. The second kappa shape index (κ2) is 6.74. The summed E-state index contributed by atoms with van der Waals surface area (Å²) in [6.07, 6.45) is 3.46. The Labute approximate surface area is 136 Å². The predicted octanol–water partition coefficient (Wildman–Crippen LogP) is 3.89. The molecule has 0 radical (unpaired) electrons. The number of fused-ring (bicyclic) bond motifs is 1. The minimum absolute atomic E-state index is 0.284. The van der Waals surface area contributed by atoms with Gasteiger partial charge in [0.25, 0.3) is 0 Å². The van der Waals surface area contributed by atoms with Gasteiger partial charge in [0.15, 0.2) is 0 Å². The normalized spacial score (nSPS) is 26.2. The highest BCUT2D eigenvalue weighted by molar-refractivity contribution is 6.35. The Hall–Kier alpha value is -0.480.